The van der Waals surface area contributed by atoms with E-state index in [0.717, 1.165) is 5.69 Å². The Morgan fingerprint density at radius 3 is 2.79 bits per heavy atom. The third-order valence-electron chi connectivity index (χ3n) is 3.55. The highest BCUT2D eigenvalue weighted by Crippen LogP contribution is 2.31. The van der Waals surface area contributed by atoms with Crippen molar-refractivity contribution in [3.63, 3.8) is 0 Å². The fourth-order valence-electron chi connectivity index (χ4n) is 2.34. The number of methoxy groups -OCH3 is 1. The molecule has 6 heteroatoms. The second kappa shape index (κ2) is 5.44. The Hall–Kier alpha value is -1.82. The topological polar surface area (TPSA) is 75.8 Å². The predicted molar refractivity (Wildman–Crippen MR) is 71.6 cm³/mol. The average Bonchev–Trinajstić information content (AvgIpc) is 2.41. The quantitative estimate of drug-likeness (QED) is 0.667. The number of benzene rings is 1. The summed E-state index contributed by atoms with van der Waals surface area (Å²) in [5.74, 6) is 0.627. The highest BCUT2D eigenvalue weighted by Gasteiger charge is 2.25. The first-order valence-corrected chi connectivity index (χ1v) is 6.27. The summed E-state index contributed by atoms with van der Waals surface area (Å²) >= 11 is 0. The molecule has 1 saturated heterocycles. The van der Waals surface area contributed by atoms with Crippen molar-refractivity contribution in [2.75, 3.05) is 25.1 Å². The number of nitro groups is 1. The number of nitro benzene ring substituents is 1. The minimum Gasteiger partial charge on any atom is -0.496 e. The van der Waals surface area contributed by atoms with Gasteiger partial charge in [-0.25, -0.2) is 0 Å². The van der Waals surface area contributed by atoms with Crippen molar-refractivity contribution in [3.05, 3.63) is 28.3 Å². The van der Waals surface area contributed by atoms with E-state index in [0.29, 0.717) is 25.3 Å². The Labute approximate surface area is 111 Å². The summed E-state index contributed by atoms with van der Waals surface area (Å²) in [7, 11) is 1.49. The van der Waals surface area contributed by atoms with Gasteiger partial charge in [-0.1, -0.05) is 6.92 Å². The molecule has 0 bridgehead atoms. The van der Waals surface area contributed by atoms with Gasteiger partial charge in [0.15, 0.2) is 0 Å². The van der Waals surface area contributed by atoms with Gasteiger partial charge in [-0.3, -0.25) is 10.1 Å². The first kappa shape index (κ1) is 13.6. The number of aliphatic hydroxyl groups is 1. The number of hydrogen-bond acceptors (Lipinski definition) is 5. The molecule has 0 amide bonds. The van der Waals surface area contributed by atoms with Crippen LogP contribution in [0.2, 0.25) is 0 Å². The summed E-state index contributed by atoms with van der Waals surface area (Å²) in [6.45, 7) is 3.35. The minimum atomic E-state index is -0.422. The molecular weight excluding hydrogens is 248 g/mol. The molecule has 2 rings (SSSR count). The third kappa shape index (κ3) is 2.96. The van der Waals surface area contributed by atoms with Crippen molar-refractivity contribution in [1.82, 2.24) is 0 Å². The van der Waals surface area contributed by atoms with Crippen LogP contribution in [-0.2, 0) is 0 Å². The lowest BCUT2D eigenvalue weighted by Crippen LogP contribution is -2.41. The number of nitrogens with zero attached hydrogens (tertiary/aromatic N) is 2. The molecule has 0 aromatic heterocycles. The minimum absolute atomic E-state index is 0.0214. The number of aliphatic hydroxyl groups excluding tert-OH is 1. The molecule has 1 aliphatic rings. The molecule has 0 aliphatic carbocycles. The van der Waals surface area contributed by atoms with Crippen LogP contribution in [0.3, 0.4) is 0 Å². The molecule has 2 unspecified atom stereocenters. The second-order valence-electron chi connectivity index (χ2n) is 4.93. The Morgan fingerprint density at radius 1 is 1.47 bits per heavy atom. The molecule has 1 aromatic carbocycles. The highest BCUT2D eigenvalue weighted by atomic mass is 16.6. The Kier molecular flexibility index (Phi) is 3.90. The van der Waals surface area contributed by atoms with Gasteiger partial charge in [-0.05, 0) is 12.3 Å². The van der Waals surface area contributed by atoms with Crippen LogP contribution in [0.1, 0.15) is 13.3 Å². The molecule has 1 fully saturated rings. The largest absolute Gasteiger partial charge is 0.496 e. The molecule has 1 N–H and O–H groups in total. The SMILES string of the molecule is COc1cc(N2CCC(O)C(C)C2)cc([N+](=O)[O-])c1. The van der Waals surface area contributed by atoms with Gasteiger partial charge in [0.2, 0.25) is 0 Å². The summed E-state index contributed by atoms with van der Waals surface area (Å²) in [6, 6.07) is 4.75. The molecular formula is C13H18N2O4. The standard InChI is InChI=1S/C13H18N2O4/c1-9-8-14(4-3-13(9)16)10-5-11(15(17)18)7-12(6-10)19-2/h5-7,9,13,16H,3-4,8H2,1-2H3. The lowest BCUT2D eigenvalue weighted by atomic mass is 9.96. The average molecular weight is 266 g/mol. The van der Waals surface area contributed by atoms with Gasteiger partial charge >= 0.3 is 0 Å². The van der Waals surface area contributed by atoms with E-state index < -0.39 is 4.92 Å². The van der Waals surface area contributed by atoms with Crippen molar-refractivity contribution in [1.29, 1.82) is 0 Å². The molecule has 0 radical (unpaired) electrons. The van der Waals surface area contributed by atoms with Crippen molar-refractivity contribution >= 4 is 11.4 Å². The third-order valence-corrected chi connectivity index (χ3v) is 3.55. The Bertz CT molecular complexity index is 478. The fraction of sp³-hybridized carbons (Fsp3) is 0.538. The zero-order chi connectivity index (χ0) is 14.0. The van der Waals surface area contributed by atoms with Gasteiger partial charge in [0.05, 0.1) is 24.2 Å². The van der Waals surface area contributed by atoms with Gasteiger partial charge in [-0.15, -0.1) is 0 Å². The van der Waals surface area contributed by atoms with Gasteiger partial charge in [-0.2, -0.15) is 0 Å². The molecule has 19 heavy (non-hydrogen) atoms. The number of anilines is 1. The molecule has 1 aliphatic heterocycles. The van der Waals surface area contributed by atoms with Crippen LogP contribution in [0.4, 0.5) is 11.4 Å². The van der Waals surface area contributed by atoms with Crippen molar-refractivity contribution < 1.29 is 14.8 Å². The lowest BCUT2D eigenvalue weighted by molar-refractivity contribution is -0.384. The van der Waals surface area contributed by atoms with Crippen LogP contribution in [0.25, 0.3) is 0 Å². The molecule has 1 aromatic rings. The van der Waals surface area contributed by atoms with Crippen LogP contribution in [0, 0.1) is 16.0 Å². The summed E-state index contributed by atoms with van der Waals surface area (Å²) in [5, 5.41) is 20.6. The van der Waals surface area contributed by atoms with E-state index in [1.54, 1.807) is 12.1 Å². The van der Waals surface area contributed by atoms with E-state index in [1.165, 1.54) is 13.2 Å². The smallest absolute Gasteiger partial charge is 0.275 e. The van der Waals surface area contributed by atoms with Crippen LogP contribution >= 0.6 is 0 Å². The fourth-order valence-corrected chi connectivity index (χ4v) is 2.34. The Balaban J connectivity index is 2.28. The molecule has 0 spiro atoms. The van der Waals surface area contributed by atoms with Crippen LogP contribution < -0.4 is 9.64 Å². The van der Waals surface area contributed by atoms with Gasteiger partial charge in [0, 0.05) is 30.9 Å². The zero-order valence-electron chi connectivity index (χ0n) is 11.1. The Morgan fingerprint density at radius 2 is 2.21 bits per heavy atom. The molecule has 6 nitrogen and oxygen atoms in total. The second-order valence-corrected chi connectivity index (χ2v) is 4.93. The summed E-state index contributed by atoms with van der Waals surface area (Å²) in [6.07, 6.45) is 0.378. The van der Waals surface area contributed by atoms with Crippen molar-refractivity contribution in [2.45, 2.75) is 19.4 Å². The van der Waals surface area contributed by atoms with Gasteiger partial charge in [0.1, 0.15) is 5.75 Å². The monoisotopic (exact) mass is 266 g/mol. The van der Waals surface area contributed by atoms with Crippen LogP contribution in [0.5, 0.6) is 5.75 Å². The van der Waals surface area contributed by atoms with E-state index in [9.17, 15) is 15.2 Å². The summed E-state index contributed by atoms with van der Waals surface area (Å²) in [5.41, 5.74) is 0.790. The first-order chi connectivity index (χ1) is 9.01. The van der Waals surface area contributed by atoms with E-state index >= 15 is 0 Å². The molecule has 2 atom stereocenters. The lowest BCUT2D eigenvalue weighted by Gasteiger charge is -2.35. The number of rotatable bonds is 3. The zero-order valence-corrected chi connectivity index (χ0v) is 11.1. The highest BCUT2D eigenvalue weighted by molar-refractivity contribution is 5.58. The van der Waals surface area contributed by atoms with Crippen LogP contribution in [-0.4, -0.2) is 36.3 Å². The van der Waals surface area contributed by atoms with E-state index in [-0.39, 0.29) is 17.7 Å². The molecule has 0 saturated carbocycles. The summed E-state index contributed by atoms with van der Waals surface area (Å²) in [4.78, 5) is 12.5. The van der Waals surface area contributed by atoms with E-state index in [4.69, 9.17) is 4.74 Å². The molecule has 1 heterocycles. The van der Waals surface area contributed by atoms with E-state index in [2.05, 4.69) is 0 Å². The predicted octanol–water partition coefficient (Wildman–Crippen LogP) is 1.81. The normalized spacial score (nSPS) is 23.2. The maximum Gasteiger partial charge on any atom is 0.275 e. The van der Waals surface area contributed by atoms with Gasteiger partial charge in [0.25, 0.3) is 5.69 Å². The summed E-state index contributed by atoms with van der Waals surface area (Å²) < 4.78 is 5.10. The maximum atomic E-state index is 10.9. The van der Waals surface area contributed by atoms with Crippen LogP contribution in [0.15, 0.2) is 18.2 Å². The molecule has 104 valence electrons. The van der Waals surface area contributed by atoms with Gasteiger partial charge < -0.3 is 14.7 Å². The van der Waals surface area contributed by atoms with E-state index in [1.807, 2.05) is 11.8 Å². The van der Waals surface area contributed by atoms with Crippen molar-refractivity contribution in [3.8, 4) is 5.75 Å². The maximum absolute atomic E-state index is 10.9. The number of hydrogen-bond donors (Lipinski definition) is 1. The van der Waals surface area contributed by atoms with Crippen molar-refractivity contribution in [2.24, 2.45) is 5.92 Å². The number of piperidine rings is 1. The number of ether oxygens (including phenoxy) is 1. The number of non-ortho nitro benzene ring substituents is 1. The first-order valence-electron chi connectivity index (χ1n) is 6.27.